The summed E-state index contributed by atoms with van der Waals surface area (Å²) in [5, 5.41) is 2.91. The summed E-state index contributed by atoms with van der Waals surface area (Å²) in [6.07, 6.45) is 5.94. The Bertz CT molecular complexity index is 562. The van der Waals surface area contributed by atoms with Crippen LogP contribution in [0.15, 0.2) is 35.3 Å². The quantitative estimate of drug-likeness (QED) is 0.289. The number of para-hydroxylation sites is 1. The van der Waals surface area contributed by atoms with E-state index in [2.05, 4.69) is 10.3 Å². The van der Waals surface area contributed by atoms with E-state index in [-0.39, 0.29) is 30.4 Å². The fraction of sp³-hybridized carbons (Fsp3) is 0.526. The molecule has 1 heterocycles. The van der Waals surface area contributed by atoms with Crippen LogP contribution in [0.3, 0.4) is 0 Å². The van der Waals surface area contributed by atoms with E-state index in [0.29, 0.717) is 18.7 Å². The molecule has 3 atom stereocenters. The van der Waals surface area contributed by atoms with Gasteiger partial charge in [0.25, 0.3) is 0 Å². The van der Waals surface area contributed by atoms with Crippen LogP contribution in [0.4, 0.5) is 0 Å². The minimum atomic E-state index is -0.244. The molecule has 0 saturated heterocycles. The number of hydrogen-bond acceptors (Lipinski definition) is 5. The maximum atomic E-state index is 12.0. The average molecular weight is 346 g/mol. The van der Waals surface area contributed by atoms with E-state index in [1.54, 1.807) is 12.1 Å². The molecule has 1 amide bonds. The Balaban J connectivity index is 1.54. The van der Waals surface area contributed by atoms with Crippen LogP contribution in [0.5, 0.6) is 5.75 Å². The summed E-state index contributed by atoms with van der Waals surface area (Å²) in [5.41, 5.74) is 0. The van der Waals surface area contributed by atoms with Crippen LogP contribution in [0.1, 0.15) is 32.6 Å². The lowest BCUT2D eigenvalue weighted by molar-refractivity contribution is -0.215. The highest BCUT2D eigenvalue weighted by atomic mass is 17.2. The first kappa shape index (κ1) is 19.1. The highest BCUT2D eigenvalue weighted by Crippen LogP contribution is 2.16. The monoisotopic (exact) mass is 346 g/mol. The number of aldehydes is 1. The van der Waals surface area contributed by atoms with Crippen molar-refractivity contribution in [2.45, 2.75) is 38.6 Å². The van der Waals surface area contributed by atoms with Crippen molar-refractivity contribution in [3.8, 4) is 5.75 Å². The van der Waals surface area contributed by atoms with Crippen molar-refractivity contribution < 1.29 is 19.4 Å². The lowest BCUT2D eigenvalue weighted by atomic mass is 10.0. The summed E-state index contributed by atoms with van der Waals surface area (Å²) in [7, 11) is 0. The molecule has 0 spiro atoms. The van der Waals surface area contributed by atoms with Gasteiger partial charge in [-0.3, -0.25) is 9.79 Å². The molecule has 0 fully saturated rings. The van der Waals surface area contributed by atoms with Crippen molar-refractivity contribution in [1.82, 2.24) is 5.32 Å². The Morgan fingerprint density at radius 1 is 1.36 bits per heavy atom. The predicted octanol–water partition coefficient (Wildman–Crippen LogP) is 2.58. The van der Waals surface area contributed by atoms with Gasteiger partial charge >= 0.3 is 0 Å². The number of carbonyl (C=O) groups excluding carboxylic acids is 2. The molecule has 0 saturated carbocycles. The molecule has 0 aliphatic carbocycles. The first-order chi connectivity index (χ1) is 12.2. The second kappa shape index (κ2) is 10.6. The topological polar surface area (TPSA) is 77.0 Å². The van der Waals surface area contributed by atoms with Crippen LogP contribution in [0, 0.1) is 11.8 Å². The van der Waals surface area contributed by atoms with Crippen LogP contribution >= 0.6 is 0 Å². The van der Waals surface area contributed by atoms with Crippen LogP contribution in [-0.2, 0) is 14.5 Å². The normalized spacial score (nSPS) is 20.2. The molecule has 0 radical (unpaired) electrons. The Kier molecular flexibility index (Phi) is 8.12. The molecule has 1 aliphatic heterocycles. The zero-order valence-electron chi connectivity index (χ0n) is 14.6. The molecule has 0 unspecified atom stereocenters. The number of unbranched alkanes of at least 4 members (excludes halogenated alkanes) is 1. The Labute approximate surface area is 148 Å². The third-order valence-electron chi connectivity index (χ3n) is 4.22. The van der Waals surface area contributed by atoms with Gasteiger partial charge in [0, 0.05) is 18.7 Å². The number of carbonyl (C=O) groups is 2. The van der Waals surface area contributed by atoms with Crippen molar-refractivity contribution in [3.63, 3.8) is 0 Å². The second-order valence-electron chi connectivity index (χ2n) is 6.35. The number of nitrogens with zero attached hydrogens (tertiary/aromatic N) is 1. The minimum Gasteiger partial charge on any atom is -0.354 e. The largest absolute Gasteiger partial charge is 0.354 e. The van der Waals surface area contributed by atoms with E-state index in [4.69, 9.17) is 9.78 Å². The molecule has 0 bridgehead atoms. The van der Waals surface area contributed by atoms with Crippen molar-refractivity contribution in [3.05, 3.63) is 30.3 Å². The van der Waals surface area contributed by atoms with Gasteiger partial charge in [0.15, 0.2) is 5.75 Å². The Hall–Kier alpha value is -2.21. The van der Waals surface area contributed by atoms with Crippen molar-refractivity contribution in [1.29, 1.82) is 0 Å². The molecule has 6 nitrogen and oxygen atoms in total. The van der Waals surface area contributed by atoms with Gasteiger partial charge in [-0.15, -0.1) is 0 Å². The highest BCUT2D eigenvalue weighted by molar-refractivity contribution is 5.85. The smallest absolute Gasteiger partial charge is 0.245 e. The van der Waals surface area contributed by atoms with Crippen LogP contribution in [0.2, 0.25) is 0 Å². The SMILES string of the molecule is C[C@H]1CC=N[C@@H]1C(=O)NCCCC[C@H](C=O)COOc1ccccc1. The van der Waals surface area contributed by atoms with Crippen LogP contribution in [-0.4, -0.2) is 37.6 Å². The van der Waals surface area contributed by atoms with Gasteiger partial charge in [-0.2, -0.15) is 4.89 Å². The van der Waals surface area contributed by atoms with Gasteiger partial charge in [0.2, 0.25) is 5.91 Å². The molecule has 0 aromatic heterocycles. The summed E-state index contributed by atoms with van der Waals surface area (Å²) in [6.45, 7) is 2.85. The van der Waals surface area contributed by atoms with E-state index in [1.165, 1.54) is 0 Å². The van der Waals surface area contributed by atoms with Gasteiger partial charge in [0.05, 0.1) is 0 Å². The van der Waals surface area contributed by atoms with Crippen molar-refractivity contribution in [2.24, 2.45) is 16.8 Å². The lowest BCUT2D eigenvalue weighted by Gasteiger charge is -2.14. The molecule has 1 aliphatic rings. The molecular formula is C19H26N2O4. The van der Waals surface area contributed by atoms with E-state index in [0.717, 1.165) is 25.5 Å². The maximum absolute atomic E-state index is 12.0. The molecule has 6 heteroatoms. The number of aliphatic imine (C=N–C) groups is 1. The van der Waals surface area contributed by atoms with Crippen LogP contribution < -0.4 is 10.2 Å². The second-order valence-corrected chi connectivity index (χ2v) is 6.35. The van der Waals surface area contributed by atoms with Crippen molar-refractivity contribution >= 4 is 18.4 Å². The van der Waals surface area contributed by atoms with Crippen molar-refractivity contribution in [2.75, 3.05) is 13.2 Å². The third-order valence-corrected chi connectivity index (χ3v) is 4.22. The fourth-order valence-electron chi connectivity index (χ4n) is 2.65. The van der Waals surface area contributed by atoms with E-state index in [9.17, 15) is 9.59 Å². The molecule has 1 N–H and O–H groups in total. The van der Waals surface area contributed by atoms with Gasteiger partial charge in [-0.05, 0) is 37.3 Å². The number of benzene rings is 1. The third kappa shape index (κ3) is 6.66. The Morgan fingerprint density at radius 3 is 2.84 bits per heavy atom. The first-order valence-electron chi connectivity index (χ1n) is 8.80. The zero-order valence-corrected chi connectivity index (χ0v) is 14.6. The Morgan fingerprint density at radius 2 is 2.16 bits per heavy atom. The average Bonchev–Trinajstić information content (AvgIpc) is 3.06. The maximum Gasteiger partial charge on any atom is 0.245 e. The van der Waals surface area contributed by atoms with E-state index in [1.807, 2.05) is 31.3 Å². The number of hydrogen-bond donors (Lipinski definition) is 1. The summed E-state index contributed by atoms with van der Waals surface area (Å²) >= 11 is 0. The van der Waals surface area contributed by atoms with Gasteiger partial charge in [0.1, 0.15) is 18.9 Å². The molecule has 136 valence electrons. The number of rotatable bonds is 11. The zero-order chi connectivity index (χ0) is 17.9. The molecule has 2 rings (SSSR count). The number of amides is 1. The summed E-state index contributed by atoms with van der Waals surface area (Å²) < 4.78 is 0. The summed E-state index contributed by atoms with van der Waals surface area (Å²) in [6, 6.07) is 8.91. The minimum absolute atomic E-state index is 0.00668. The summed E-state index contributed by atoms with van der Waals surface area (Å²) in [5.74, 6) is 0.673. The fourth-order valence-corrected chi connectivity index (χ4v) is 2.65. The molecule has 1 aromatic carbocycles. The van der Waals surface area contributed by atoms with Gasteiger partial charge < -0.3 is 15.0 Å². The van der Waals surface area contributed by atoms with E-state index < -0.39 is 0 Å². The highest BCUT2D eigenvalue weighted by Gasteiger charge is 2.26. The van der Waals surface area contributed by atoms with Gasteiger partial charge in [-0.1, -0.05) is 31.5 Å². The standard InChI is InChI=1S/C19H26N2O4/c1-15-10-12-20-18(15)19(23)21-11-6-5-7-16(13-22)14-24-25-17-8-3-2-4-9-17/h2-4,8-9,12-13,15-16,18H,5-7,10-11,14H2,1H3,(H,21,23)/t15-,16+,18-/m0/s1. The molecule has 25 heavy (non-hydrogen) atoms. The number of nitrogens with one attached hydrogen (secondary N) is 1. The lowest BCUT2D eigenvalue weighted by Crippen LogP contribution is -2.36. The summed E-state index contributed by atoms with van der Waals surface area (Å²) in [4.78, 5) is 37.5. The first-order valence-corrected chi connectivity index (χ1v) is 8.80. The van der Waals surface area contributed by atoms with Gasteiger partial charge in [-0.25, -0.2) is 0 Å². The molecule has 1 aromatic rings. The van der Waals surface area contributed by atoms with Crippen LogP contribution in [0.25, 0.3) is 0 Å². The molecular weight excluding hydrogens is 320 g/mol. The predicted molar refractivity (Wildman–Crippen MR) is 95.5 cm³/mol. The van der Waals surface area contributed by atoms with E-state index >= 15 is 0 Å².